The number of hydrogen-bond acceptors (Lipinski definition) is 6. The molecular weight excluding hydrogens is 432 g/mol. The van der Waals surface area contributed by atoms with Crippen molar-refractivity contribution in [2.45, 2.75) is 6.04 Å². The van der Waals surface area contributed by atoms with Crippen LogP contribution >= 0.6 is 0 Å². The van der Waals surface area contributed by atoms with Crippen molar-refractivity contribution in [1.82, 2.24) is 0 Å². The third kappa shape index (κ3) is 3.38. The number of para-hydroxylation sites is 1. The van der Waals surface area contributed by atoms with Crippen LogP contribution < -0.4 is 9.64 Å². The number of fused-ring (bicyclic) bond motifs is 1. The maximum absolute atomic E-state index is 13.6. The van der Waals surface area contributed by atoms with Gasteiger partial charge in [-0.25, -0.2) is 0 Å². The zero-order chi connectivity index (χ0) is 23.8. The molecule has 1 amide bonds. The van der Waals surface area contributed by atoms with E-state index in [1.165, 1.54) is 12.0 Å². The van der Waals surface area contributed by atoms with Crippen molar-refractivity contribution < 1.29 is 23.8 Å². The van der Waals surface area contributed by atoms with Crippen molar-refractivity contribution >= 4 is 28.3 Å². The van der Waals surface area contributed by atoms with E-state index in [0.717, 1.165) is 5.39 Å². The van der Waals surface area contributed by atoms with E-state index in [4.69, 9.17) is 14.4 Å². The summed E-state index contributed by atoms with van der Waals surface area (Å²) in [6.07, 6.45) is 0. The number of furan rings is 1. The van der Waals surface area contributed by atoms with Crippen LogP contribution in [-0.4, -0.2) is 23.9 Å². The quantitative estimate of drug-likeness (QED) is 0.425. The highest BCUT2D eigenvalue weighted by molar-refractivity contribution is 6.20. The molecule has 4 aromatic rings. The third-order valence-electron chi connectivity index (χ3n) is 5.79. The smallest absolute Gasteiger partial charge is 0.294 e. The van der Waals surface area contributed by atoms with Gasteiger partial charge in [-0.1, -0.05) is 30.3 Å². The second-order valence-electron chi connectivity index (χ2n) is 7.75. The van der Waals surface area contributed by atoms with Crippen LogP contribution in [-0.2, 0) is 4.79 Å². The molecule has 1 aliphatic heterocycles. The van der Waals surface area contributed by atoms with Gasteiger partial charge in [0, 0.05) is 11.1 Å². The molecule has 5 rings (SSSR count). The molecule has 1 aromatic heterocycles. The molecule has 1 unspecified atom stereocenters. The van der Waals surface area contributed by atoms with Gasteiger partial charge < -0.3 is 14.3 Å². The van der Waals surface area contributed by atoms with E-state index >= 15 is 0 Å². The third-order valence-corrected chi connectivity index (χ3v) is 5.79. The number of benzene rings is 3. The molecule has 0 saturated heterocycles. The number of nitriles is 1. The number of amides is 1. The van der Waals surface area contributed by atoms with E-state index < -0.39 is 23.5 Å². The molecule has 0 saturated carbocycles. The minimum atomic E-state index is -0.934. The summed E-state index contributed by atoms with van der Waals surface area (Å²) in [5.41, 5.74) is 1.85. The van der Waals surface area contributed by atoms with Crippen molar-refractivity contribution in [3.05, 3.63) is 107 Å². The standard InChI is InChI=1S/C27H18N2O5/c1-33-20-7-4-6-18(13-20)24-23(25(30)22-14-17-5-2-3-8-21(17)34-22)26(31)27(32)29(24)19-11-9-16(15-28)10-12-19/h2-14,24,31H,1H3. The molecule has 7 heteroatoms. The topological polar surface area (TPSA) is 104 Å². The molecule has 166 valence electrons. The highest BCUT2D eigenvalue weighted by Gasteiger charge is 2.45. The van der Waals surface area contributed by atoms with Gasteiger partial charge in [-0.3, -0.25) is 14.5 Å². The Morgan fingerprint density at radius 2 is 1.82 bits per heavy atom. The monoisotopic (exact) mass is 450 g/mol. The lowest BCUT2D eigenvalue weighted by atomic mass is 9.94. The SMILES string of the molecule is COc1cccc(C2C(C(=O)c3cc4ccccc4o3)=C(O)C(=O)N2c2ccc(C#N)cc2)c1. The number of rotatable bonds is 5. The Hall–Kier alpha value is -4.83. The largest absolute Gasteiger partial charge is 0.503 e. The van der Waals surface area contributed by atoms with E-state index in [2.05, 4.69) is 0 Å². The molecular formula is C27H18N2O5. The molecule has 1 aliphatic rings. The van der Waals surface area contributed by atoms with E-state index in [1.54, 1.807) is 66.7 Å². The van der Waals surface area contributed by atoms with Crippen LogP contribution in [0, 0.1) is 11.3 Å². The second-order valence-corrected chi connectivity index (χ2v) is 7.75. The van der Waals surface area contributed by atoms with E-state index in [0.29, 0.717) is 28.1 Å². The average molecular weight is 450 g/mol. The minimum absolute atomic E-state index is 0.0186. The maximum Gasteiger partial charge on any atom is 0.294 e. The number of carbonyl (C=O) groups excluding carboxylic acids is 2. The normalized spacial score (nSPS) is 15.6. The number of aliphatic hydroxyl groups is 1. The summed E-state index contributed by atoms with van der Waals surface area (Å²) in [5.74, 6) is -1.41. The van der Waals surface area contributed by atoms with Gasteiger partial charge in [-0.15, -0.1) is 0 Å². The lowest BCUT2D eigenvalue weighted by molar-refractivity contribution is -0.117. The van der Waals surface area contributed by atoms with Crippen LogP contribution in [0.5, 0.6) is 5.75 Å². The highest BCUT2D eigenvalue weighted by Crippen LogP contribution is 2.43. The van der Waals surface area contributed by atoms with Gasteiger partial charge in [0.2, 0.25) is 5.78 Å². The summed E-state index contributed by atoms with van der Waals surface area (Å²) in [5, 5.41) is 20.8. The zero-order valence-corrected chi connectivity index (χ0v) is 18.1. The molecule has 0 spiro atoms. The fourth-order valence-electron chi connectivity index (χ4n) is 4.15. The Kier molecular flexibility index (Phi) is 5.11. The van der Waals surface area contributed by atoms with Gasteiger partial charge in [0.1, 0.15) is 11.3 Å². The second kappa shape index (κ2) is 8.26. The highest BCUT2D eigenvalue weighted by atomic mass is 16.5. The fraction of sp³-hybridized carbons (Fsp3) is 0.0741. The Morgan fingerprint density at radius 3 is 2.53 bits per heavy atom. The number of carbonyl (C=O) groups is 2. The zero-order valence-electron chi connectivity index (χ0n) is 18.1. The van der Waals surface area contributed by atoms with Crippen molar-refractivity contribution in [1.29, 1.82) is 5.26 Å². The lowest BCUT2D eigenvalue weighted by Gasteiger charge is -2.27. The predicted molar refractivity (Wildman–Crippen MR) is 125 cm³/mol. The van der Waals surface area contributed by atoms with Crippen molar-refractivity contribution in [3.63, 3.8) is 0 Å². The molecule has 1 atom stereocenters. The molecule has 0 fully saturated rings. The summed E-state index contributed by atoms with van der Waals surface area (Å²) >= 11 is 0. The Balaban J connectivity index is 1.66. The Labute approximate surface area is 194 Å². The molecule has 3 aromatic carbocycles. The first kappa shape index (κ1) is 21.0. The van der Waals surface area contributed by atoms with E-state index in [-0.39, 0.29) is 11.3 Å². The fourth-order valence-corrected chi connectivity index (χ4v) is 4.15. The van der Waals surface area contributed by atoms with Crippen LogP contribution in [0.4, 0.5) is 5.69 Å². The average Bonchev–Trinajstić information content (AvgIpc) is 3.43. The lowest BCUT2D eigenvalue weighted by Crippen LogP contribution is -2.31. The first-order valence-corrected chi connectivity index (χ1v) is 10.5. The van der Waals surface area contributed by atoms with Crippen molar-refractivity contribution in [3.8, 4) is 11.8 Å². The molecule has 1 N–H and O–H groups in total. The number of ether oxygens (including phenoxy) is 1. The van der Waals surface area contributed by atoms with Crippen LogP contribution in [0.3, 0.4) is 0 Å². The Bertz CT molecular complexity index is 1480. The predicted octanol–water partition coefficient (Wildman–Crippen LogP) is 5.10. The minimum Gasteiger partial charge on any atom is -0.503 e. The summed E-state index contributed by atoms with van der Waals surface area (Å²) in [4.78, 5) is 28.2. The first-order chi connectivity index (χ1) is 16.5. The van der Waals surface area contributed by atoms with E-state index in [9.17, 15) is 14.7 Å². The number of Topliss-reactive ketones (excluding diaryl/α,β-unsaturated/α-hetero) is 1. The van der Waals surface area contributed by atoms with Crippen LogP contribution in [0.15, 0.2) is 94.6 Å². The number of anilines is 1. The molecule has 0 aliphatic carbocycles. The van der Waals surface area contributed by atoms with Crippen LogP contribution in [0.1, 0.15) is 27.7 Å². The van der Waals surface area contributed by atoms with Gasteiger partial charge in [-0.05, 0) is 54.1 Å². The summed E-state index contributed by atoms with van der Waals surface area (Å²) in [6, 6.07) is 23.2. The number of nitrogens with zero attached hydrogens (tertiary/aromatic N) is 2. The van der Waals surface area contributed by atoms with Crippen LogP contribution in [0.2, 0.25) is 0 Å². The molecule has 7 nitrogen and oxygen atoms in total. The van der Waals surface area contributed by atoms with E-state index in [1.807, 2.05) is 18.2 Å². The van der Waals surface area contributed by atoms with Gasteiger partial charge >= 0.3 is 0 Å². The first-order valence-electron chi connectivity index (χ1n) is 10.5. The van der Waals surface area contributed by atoms with Gasteiger partial charge in [0.25, 0.3) is 5.91 Å². The molecule has 0 bridgehead atoms. The van der Waals surface area contributed by atoms with Gasteiger partial charge in [0.05, 0.1) is 30.4 Å². The maximum atomic E-state index is 13.6. The van der Waals surface area contributed by atoms with Crippen molar-refractivity contribution in [2.75, 3.05) is 12.0 Å². The number of aliphatic hydroxyl groups excluding tert-OH is 1. The number of methoxy groups -OCH3 is 1. The number of ketones is 1. The molecule has 34 heavy (non-hydrogen) atoms. The summed E-state index contributed by atoms with van der Waals surface area (Å²) < 4.78 is 11.1. The van der Waals surface area contributed by atoms with Crippen LogP contribution in [0.25, 0.3) is 11.0 Å². The number of hydrogen-bond donors (Lipinski definition) is 1. The summed E-state index contributed by atoms with van der Waals surface area (Å²) in [6.45, 7) is 0. The van der Waals surface area contributed by atoms with Gasteiger partial charge in [0.15, 0.2) is 11.5 Å². The Morgan fingerprint density at radius 1 is 1.06 bits per heavy atom. The molecule has 0 radical (unpaired) electrons. The van der Waals surface area contributed by atoms with Gasteiger partial charge in [-0.2, -0.15) is 5.26 Å². The summed E-state index contributed by atoms with van der Waals surface area (Å²) in [7, 11) is 1.52. The molecule has 2 heterocycles. The van der Waals surface area contributed by atoms with Crippen molar-refractivity contribution in [2.24, 2.45) is 0 Å².